The quantitative estimate of drug-likeness (QED) is 0.611. The molecular formula is C22H24N4O3S. The number of esters is 1. The van der Waals surface area contributed by atoms with Crippen LogP contribution in [0.25, 0.3) is 10.2 Å². The summed E-state index contributed by atoms with van der Waals surface area (Å²) in [6.45, 7) is 5.86. The monoisotopic (exact) mass is 424 g/mol. The molecule has 1 N–H and O–H groups in total. The topological polar surface area (TPSA) is 84.4 Å². The van der Waals surface area contributed by atoms with E-state index in [0.29, 0.717) is 23.4 Å². The lowest BCUT2D eigenvalue weighted by Crippen LogP contribution is -2.30. The summed E-state index contributed by atoms with van der Waals surface area (Å²) in [4.78, 5) is 38.2. The summed E-state index contributed by atoms with van der Waals surface area (Å²) in [7, 11) is 0. The molecule has 1 fully saturated rings. The highest BCUT2D eigenvalue weighted by atomic mass is 32.1. The number of carbonyl (C=O) groups excluding carboxylic acids is 2. The van der Waals surface area contributed by atoms with E-state index in [1.54, 1.807) is 37.5 Å². The second-order valence-electron chi connectivity index (χ2n) is 7.21. The number of ether oxygens (including phenoxy) is 1. The lowest BCUT2D eigenvalue weighted by molar-refractivity contribution is 0.0526. The molecule has 0 aliphatic carbocycles. The van der Waals surface area contributed by atoms with Crippen LogP contribution in [0.1, 0.15) is 51.8 Å². The number of nitrogens with one attached hydrogen (secondary N) is 1. The fraction of sp³-hybridized carbons (Fsp3) is 0.364. The van der Waals surface area contributed by atoms with Crippen LogP contribution in [0, 0.1) is 6.92 Å². The molecule has 1 aliphatic heterocycles. The average molecular weight is 425 g/mol. The van der Waals surface area contributed by atoms with E-state index in [1.807, 2.05) is 6.92 Å². The molecule has 0 saturated carbocycles. The maximum absolute atomic E-state index is 13.3. The molecule has 3 aromatic rings. The minimum atomic E-state index is -0.411. The highest BCUT2D eigenvalue weighted by molar-refractivity contribution is 7.19. The number of fused-ring (bicyclic) bond motifs is 1. The van der Waals surface area contributed by atoms with Crippen molar-refractivity contribution in [3.63, 3.8) is 0 Å². The maximum atomic E-state index is 13.3. The van der Waals surface area contributed by atoms with E-state index in [2.05, 4.69) is 20.2 Å². The second kappa shape index (κ2) is 8.79. The normalized spacial score (nSPS) is 14.0. The number of amides is 1. The van der Waals surface area contributed by atoms with Gasteiger partial charge < -0.3 is 15.0 Å². The van der Waals surface area contributed by atoms with Gasteiger partial charge in [0.05, 0.1) is 23.1 Å². The van der Waals surface area contributed by atoms with Crippen molar-refractivity contribution in [3.8, 4) is 0 Å². The number of aromatic nitrogens is 2. The summed E-state index contributed by atoms with van der Waals surface area (Å²) in [6, 6.07) is 6.78. The zero-order chi connectivity index (χ0) is 21.1. The number of piperidine rings is 1. The minimum Gasteiger partial charge on any atom is -0.462 e. The highest BCUT2D eigenvalue weighted by Crippen LogP contribution is 2.36. The fourth-order valence-electron chi connectivity index (χ4n) is 3.78. The van der Waals surface area contributed by atoms with Gasteiger partial charge in [-0.1, -0.05) is 6.07 Å². The Balaban J connectivity index is 1.68. The summed E-state index contributed by atoms with van der Waals surface area (Å²) >= 11 is 1.50. The molecule has 156 valence electrons. The van der Waals surface area contributed by atoms with Crippen LogP contribution in [0.2, 0.25) is 0 Å². The number of rotatable bonds is 5. The van der Waals surface area contributed by atoms with Gasteiger partial charge in [-0.2, -0.15) is 0 Å². The van der Waals surface area contributed by atoms with Crippen LogP contribution in [0.3, 0.4) is 0 Å². The molecule has 0 unspecified atom stereocenters. The molecule has 0 atom stereocenters. The number of hydrogen-bond donors (Lipinski definition) is 1. The molecule has 2 aromatic heterocycles. The minimum absolute atomic E-state index is 0.229. The van der Waals surface area contributed by atoms with Gasteiger partial charge in [0.25, 0.3) is 5.91 Å². The average Bonchev–Trinajstić information content (AvgIpc) is 3.10. The third-order valence-electron chi connectivity index (χ3n) is 5.16. The Labute approximate surface area is 179 Å². The molecule has 1 saturated heterocycles. The van der Waals surface area contributed by atoms with Crippen molar-refractivity contribution < 1.29 is 14.3 Å². The molecule has 0 bridgehead atoms. The first-order valence-electron chi connectivity index (χ1n) is 10.2. The predicted molar refractivity (Wildman–Crippen MR) is 119 cm³/mol. The zero-order valence-electron chi connectivity index (χ0n) is 17.1. The SMILES string of the molecule is CCOC(=O)c1cccc(NC(=O)c2c(C)sc3ncnc(N4CCCCC4)c23)c1. The Morgan fingerprint density at radius 1 is 1.20 bits per heavy atom. The lowest BCUT2D eigenvalue weighted by Gasteiger charge is -2.28. The maximum Gasteiger partial charge on any atom is 0.338 e. The van der Waals surface area contributed by atoms with Crippen molar-refractivity contribution in [1.82, 2.24) is 9.97 Å². The van der Waals surface area contributed by atoms with Crippen molar-refractivity contribution in [2.75, 3.05) is 29.9 Å². The number of nitrogens with zero attached hydrogens (tertiary/aromatic N) is 3. The number of benzene rings is 1. The van der Waals surface area contributed by atoms with E-state index < -0.39 is 5.97 Å². The first-order valence-corrected chi connectivity index (χ1v) is 11.0. The van der Waals surface area contributed by atoms with Gasteiger partial charge in [-0.3, -0.25) is 4.79 Å². The standard InChI is InChI=1S/C22H24N4O3S/c1-3-29-22(28)15-8-7-9-16(12-15)25-20(27)17-14(2)30-21-18(17)19(23-13-24-21)26-10-5-4-6-11-26/h7-9,12-13H,3-6,10-11H2,1-2H3,(H,25,27). The van der Waals surface area contributed by atoms with E-state index in [1.165, 1.54) is 17.8 Å². The van der Waals surface area contributed by atoms with Gasteiger partial charge >= 0.3 is 5.97 Å². The van der Waals surface area contributed by atoms with Gasteiger partial charge in [0.15, 0.2) is 0 Å². The van der Waals surface area contributed by atoms with Crippen molar-refractivity contribution in [2.45, 2.75) is 33.1 Å². The number of hydrogen-bond acceptors (Lipinski definition) is 7. The highest BCUT2D eigenvalue weighted by Gasteiger charge is 2.24. The molecule has 30 heavy (non-hydrogen) atoms. The molecule has 7 nitrogen and oxygen atoms in total. The van der Waals surface area contributed by atoms with E-state index in [9.17, 15) is 9.59 Å². The fourth-order valence-corrected chi connectivity index (χ4v) is 4.76. The van der Waals surface area contributed by atoms with Crippen molar-refractivity contribution in [3.05, 3.63) is 46.6 Å². The third kappa shape index (κ3) is 4.00. The van der Waals surface area contributed by atoms with Crippen molar-refractivity contribution >= 4 is 44.9 Å². The largest absolute Gasteiger partial charge is 0.462 e. The van der Waals surface area contributed by atoms with Crippen LogP contribution in [0.4, 0.5) is 11.5 Å². The number of thiophene rings is 1. The molecular weight excluding hydrogens is 400 g/mol. The molecule has 0 spiro atoms. The van der Waals surface area contributed by atoms with Gasteiger partial charge in [0.1, 0.15) is 17.0 Å². The van der Waals surface area contributed by atoms with Crippen LogP contribution in [0.5, 0.6) is 0 Å². The Morgan fingerprint density at radius 2 is 2.00 bits per heavy atom. The van der Waals surface area contributed by atoms with Gasteiger partial charge in [-0.25, -0.2) is 14.8 Å². The van der Waals surface area contributed by atoms with Gasteiger partial charge in [-0.05, 0) is 51.3 Å². The van der Waals surface area contributed by atoms with Gasteiger partial charge in [0, 0.05) is 23.7 Å². The van der Waals surface area contributed by atoms with E-state index in [4.69, 9.17) is 4.74 Å². The molecule has 1 aliphatic rings. The second-order valence-corrected chi connectivity index (χ2v) is 8.42. The number of aryl methyl sites for hydroxylation is 1. The Bertz CT molecular complexity index is 1090. The van der Waals surface area contributed by atoms with Crippen LogP contribution in [-0.2, 0) is 4.74 Å². The predicted octanol–water partition coefficient (Wildman–Crippen LogP) is 4.42. The van der Waals surface area contributed by atoms with Gasteiger partial charge in [0.2, 0.25) is 0 Å². The summed E-state index contributed by atoms with van der Waals surface area (Å²) in [5.41, 5.74) is 1.54. The summed E-state index contributed by atoms with van der Waals surface area (Å²) in [6.07, 6.45) is 5.04. The first kappa shape index (κ1) is 20.3. The van der Waals surface area contributed by atoms with Crippen LogP contribution in [-0.4, -0.2) is 41.5 Å². The molecule has 1 amide bonds. The Morgan fingerprint density at radius 3 is 2.77 bits per heavy atom. The summed E-state index contributed by atoms with van der Waals surface area (Å²) in [5, 5.41) is 3.74. The van der Waals surface area contributed by atoms with Crippen LogP contribution < -0.4 is 10.2 Å². The van der Waals surface area contributed by atoms with Gasteiger partial charge in [-0.15, -0.1) is 11.3 Å². The summed E-state index contributed by atoms with van der Waals surface area (Å²) < 4.78 is 5.05. The van der Waals surface area contributed by atoms with E-state index in [-0.39, 0.29) is 5.91 Å². The number of anilines is 2. The van der Waals surface area contributed by atoms with E-state index >= 15 is 0 Å². The molecule has 4 rings (SSSR count). The smallest absolute Gasteiger partial charge is 0.338 e. The molecule has 1 aromatic carbocycles. The molecule has 8 heteroatoms. The van der Waals surface area contributed by atoms with Crippen molar-refractivity contribution in [1.29, 1.82) is 0 Å². The first-order chi connectivity index (χ1) is 14.6. The Kier molecular flexibility index (Phi) is 5.94. The number of carbonyl (C=O) groups is 2. The van der Waals surface area contributed by atoms with Crippen molar-refractivity contribution in [2.24, 2.45) is 0 Å². The van der Waals surface area contributed by atoms with E-state index in [0.717, 1.165) is 46.8 Å². The van der Waals surface area contributed by atoms with Crippen LogP contribution in [0.15, 0.2) is 30.6 Å². The molecule has 3 heterocycles. The van der Waals surface area contributed by atoms with Crippen LogP contribution >= 0.6 is 11.3 Å². The Hall–Kier alpha value is -3.00. The zero-order valence-corrected chi connectivity index (χ0v) is 17.9. The summed E-state index contributed by atoms with van der Waals surface area (Å²) in [5.74, 6) is 0.189. The molecule has 0 radical (unpaired) electrons. The third-order valence-corrected chi connectivity index (χ3v) is 6.17. The lowest BCUT2D eigenvalue weighted by atomic mass is 10.1.